The number of rotatable bonds is 4. The average Bonchev–Trinajstić information content (AvgIpc) is 2.03. The summed E-state index contributed by atoms with van der Waals surface area (Å²) in [5.41, 5.74) is -2.78. The highest BCUT2D eigenvalue weighted by Crippen LogP contribution is 2.21. The zero-order valence-corrected chi connectivity index (χ0v) is 7.63. The molecule has 0 heterocycles. The summed E-state index contributed by atoms with van der Waals surface area (Å²) < 4.78 is 0. The molecule has 1 unspecified atom stereocenters. The molecule has 0 amide bonds. The zero-order valence-electron chi connectivity index (χ0n) is 7.63. The SMILES string of the molecule is C=CC(C)(O)C(=O)C(C)(C)C=O. The van der Waals surface area contributed by atoms with Crippen LogP contribution in [0.25, 0.3) is 0 Å². The van der Waals surface area contributed by atoms with Gasteiger partial charge in [-0.25, -0.2) is 0 Å². The number of aliphatic hydroxyl groups is 1. The van der Waals surface area contributed by atoms with E-state index in [1.807, 2.05) is 0 Å². The molecule has 0 aliphatic rings. The van der Waals surface area contributed by atoms with E-state index in [9.17, 15) is 14.7 Å². The molecule has 68 valence electrons. The minimum Gasteiger partial charge on any atom is -0.378 e. The fourth-order valence-electron chi connectivity index (χ4n) is 0.798. The van der Waals surface area contributed by atoms with Crippen LogP contribution in [0.2, 0.25) is 0 Å². The van der Waals surface area contributed by atoms with Crippen LogP contribution in [-0.2, 0) is 9.59 Å². The Labute approximate surface area is 72.1 Å². The topological polar surface area (TPSA) is 54.4 Å². The van der Waals surface area contributed by atoms with Gasteiger partial charge in [0.25, 0.3) is 0 Å². The fraction of sp³-hybridized carbons (Fsp3) is 0.556. The summed E-state index contributed by atoms with van der Waals surface area (Å²) in [6.07, 6.45) is 1.65. The van der Waals surface area contributed by atoms with Crippen molar-refractivity contribution in [3.8, 4) is 0 Å². The van der Waals surface area contributed by atoms with Crippen LogP contribution in [0, 0.1) is 5.41 Å². The van der Waals surface area contributed by atoms with Crippen molar-refractivity contribution in [2.45, 2.75) is 26.4 Å². The molecule has 0 saturated heterocycles. The molecule has 3 nitrogen and oxygen atoms in total. The van der Waals surface area contributed by atoms with Gasteiger partial charge in [0, 0.05) is 0 Å². The van der Waals surface area contributed by atoms with Crippen LogP contribution < -0.4 is 0 Å². The predicted molar refractivity (Wildman–Crippen MR) is 45.7 cm³/mol. The first-order valence-corrected chi connectivity index (χ1v) is 3.65. The van der Waals surface area contributed by atoms with Gasteiger partial charge in [0.05, 0.1) is 5.41 Å². The lowest BCUT2D eigenvalue weighted by Gasteiger charge is -2.25. The molecule has 0 spiro atoms. The van der Waals surface area contributed by atoms with E-state index in [0.29, 0.717) is 6.29 Å². The summed E-state index contributed by atoms with van der Waals surface area (Å²) in [5, 5.41) is 9.43. The molecule has 0 rings (SSSR count). The minimum atomic E-state index is -1.62. The maximum atomic E-state index is 11.4. The van der Waals surface area contributed by atoms with Crippen LogP contribution >= 0.6 is 0 Å². The van der Waals surface area contributed by atoms with Crippen molar-refractivity contribution in [2.75, 3.05) is 0 Å². The second-order valence-corrected chi connectivity index (χ2v) is 3.52. The van der Waals surface area contributed by atoms with Crippen molar-refractivity contribution in [1.29, 1.82) is 0 Å². The van der Waals surface area contributed by atoms with Gasteiger partial charge in [0.2, 0.25) is 0 Å². The normalized spacial score (nSPS) is 16.3. The van der Waals surface area contributed by atoms with E-state index in [0.717, 1.165) is 6.08 Å². The van der Waals surface area contributed by atoms with E-state index in [1.165, 1.54) is 20.8 Å². The number of ketones is 1. The van der Waals surface area contributed by atoms with E-state index in [2.05, 4.69) is 6.58 Å². The van der Waals surface area contributed by atoms with Crippen LogP contribution in [0.15, 0.2) is 12.7 Å². The molecule has 0 aromatic rings. The minimum absolute atomic E-state index is 0.521. The van der Waals surface area contributed by atoms with E-state index in [-0.39, 0.29) is 0 Å². The Morgan fingerprint density at radius 2 is 1.83 bits per heavy atom. The molecule has 0 aliphatic carbocycles. The lowest BCUT2D eigenvalue weighted by atomic mass is 9.81. The first-order chi connectivity index (χ1) is 5.28. The van der Waals surface area contributed by atoms with Crippen molar-refractivity contribution in [3.05, 3.63) is 12.7 Å². The van der Waals surface area contributed by atoms with Crippen LogP contribution in [0.4, 0.5) is 0 Å². The quantitative estimate of drug-likeness (QED) is 0.384. The van der Waals surface area contributed by atoms with Crippen LogP contribution in [-0.4, -0.2) is 22.8 Å². The largest absolute Gasteiger partial charge is 0.378 e. The van der Waals surface area contributed by atoms with Crippen molar-refractivity contribution in [2.24, 2.45) is 5.41 Å². The number of carbonyl (C=O) groups is 2. The summed E-state index contributed by atoms with van der Waals surface area (Å²) in [4.78, 5) is 21.9. The van der Waals surface area contributed by atoms with Gasteiger partial charge in [-0.15, -0.1) is 0 Å². The average molecular weight is 170 g/mol. The third kappa shape index (κ3) is 2.01. The molecule has 12 heavy (non-hydrogen) atoms. The second-order valence-electron chi connectivity index (χ2n) is 3.52. The third-order valence-corrected chi connectivity index (χ3v) is 1.74. The number of aldehydes is 1. The Balaban J connectivity index is 4.83. The Bertz CT molecular complexity index is 192. The monoisotopic (exact) mass is 170 g/mol. The summed E-state index contributed by atoms with van der Waals surface area (Å²) >= 11 is 0. The Morgan fingerprint density at radius 3 is 2.08 bits per heavy atom. The lowest BCUT2D eigenvalue weighted by Crippen LogP contribution is -2.43. The van der Waals surface area contributed by atoms with E-state index >= 15 is 0 Å². The first kappa shape index (κ1) is 11.0. The van der Waals surface area contributed by atoms with Crippen molar-refractivity contribution in [1.82, 2.24) is 0 Å². The Morgan fingerprint density at radius 1 is 1.42 bits per heavy atom. The summed E-state index contributed by atoms with van der Waals surface area (Å²) in [7, 11) is 0. The van der Waals surface area contributed by atoms with Gasteiger partial charge >= 0.3 is 0 Å². The molecular weight excluding hydrogens is 156 g/mol. The van der Waals surface area contributed by atoms with E-state index in [1.54, 1.807) is 0 Å². The summed E-state index contributed by atoms with van der Waals surface area (Å²) in [6.45, 7) is 7.54. The first-order valence-electron chi connectivity index (χ1n) is 3.65. The Hall–Kier alpha value is -0.960. The number of Topliss-reactive ketones (excluding diaryl/α,β-unsaturated/α-hetero) is 1. The van der Waals surface area contributed by atoms with Gasteiger partial charge < -0.3 is 9.90 Å². The smallest absolute Gasteiger partial charge is 0.180 e. The highest BCUT2D eigenvalue weighted by atomic mass is 16.3. The molecule has 0 bridgehead atoms. The summed E-state index contributed by atoms with van der Waals surface area (Å²) in [5.74, 6) is -0.542. The van der Waals surface area contributed by atoms with Crippen molar-refractivity contribution < 1.29 is 14.7 Å². The molecule has 3 heteroatoms. The van der Waals surface area contributed by atoms with E-state index < -0.39 is 16.8 Å². The summed E-state index contributed by atoms with van der Waals surface area (Å²) in [6, 6.07) is 0. The second kappa shape index (κ2) is 3.19. The van der Waals surface area contributed by atoms with Gasteiger partial charge in [0.1, 0.15) is 11.9 Å². The van der Waals surface area contributed by atoms with Crippen LogP contribution in [0.5, 0.6) is 0 Å². The molecule has 0 saturated carbocycles. The highest BCUT2D eigenvalue weighted by Gasteiger charge is 2.38. The number of carbonyl (C=O) groups excluding carboxylic acids is 2. The van der Waals surface area contributed by atoms with Crippen molar-refractivity contribution in [3.63, 3.8) is 0 Å². The number of hydrogen-bond acceptors (Lipinski definition) is 3. The van der Waals surface area contributed by atoms with Gasteiger partial charge in [-0.2, -0.15) is 0 Å². The molecule has 0 radical (unpaired) electrons. The van der Waals surface area contributed by atoms with Gasteiger partial charge in [-0.05, 0) is 20.8 Å². The molecular formula is C9H14O3. The van der Waals surface area contributed by atoms with Gasteiger partial charge in [-0.1, -0.05) is 12.7 Å². The predicted octanol–water partition coefficient (Wildman–Crippen LogP) is 0.718. The maximum Gasteiger partial charge on any atom is 0.180 e. The Kier molecular flexibility index (Phi) is 2.93. The highest BCUT2D eigenvalue weighted by molar-refractivity contribution is 6.03. The molecule has 0 aromatic heterocycles. The molecule has 1 N–H and O–H groups in total. The zero-order chi connectivity index (χ0) is 9.99. The molecule has 1 atom stereocenters. The fourth-order valence-corrected chi connectivity index (χ4v) is 0.798. The van der Waals surface area contributed by atoms with Crippen molar-refractivity contribution >= 4 is 12.1 Å². The lowest BCUT2D eigenvalue weighted by molar-refractivity contribution is -0.143. The number of hydrogen-bond donors (Lipinski definition) is 1. The van der Waals surface area contributed by atoms with Crippen LogP contribution in [0.3, 0.4) is 0 Å². The molecule has 0 aromatic carbocycles. The third-order valence-electron chi connectivity index (χ3n) is 1.74. The maximum absolute atomic E-state index is 11.4. The van der Waals surface area contributed by atoms with Gasteiger partial charge in [-0.3, -0.25) is 4.79 Å². The standard InChI is InChI=1S/C9H14O3/c1-5-9(4,12)7(11)8(2,3)6-10/h5-6,12H,1H2,2-4H3. The molecule has 0 aliphatic heterocycles. The molecule has 0 fully saturated rings. The van der Waals surface area contributed by atoms with E-state index in [4.69, 9.17) is 0 Å². The van der Waals surface area contributed by atoms with Gasteiger partial charge in [0.15, 0.2) is 5.78 Å². The van der Waals surface area contributed by atoms with Crippen LogP contribution in [0.1, 0.15) is 20.8 Å².